The number of aliphatic hydroxyl groups is 1. The first kappa shape index (κ1) is 14.7. The number of nitrogens with one attached hydrogen (secondary N) is 1. The van der Waals surface area contributed by atoms with Gasteiger partial charge in [-0.25, -0.2) is 0 Å². The molecule has 1 unspecified atom stereocenters. The second-order valence-electron chi connectivity index (χ2n) is 4.94. The van der Waals surface area contributed by atoms with Gasteiger partial charge in [-0.15, -0.1) is 0 Å². The van der Waals surface area contributed by atoms with Crippen molar-refractivity contribution in [2.45, 2.75) is 39.7 Å². The summed E-state index contributed by atoms with van der Waals surface area (Å²) in [4.78, 5) is 11.8. The van der Waals surface area contributed by atoms with Gasteiger partial charge in [-0.1, -0.05) is 6.92 Å². The zero-order chi connectivity index (χ0) is 13.5. The van der Waals surface area contributed by atoms with E-state index in [0.29, 0.717) is 18.2 Å². The summed E-state index contributed by atoms with van der Waals surface area (Å²) in [6.07, 6.45) is 3.46. The molecule has 0 aliphatic carbocycles. The third-order valence-electron chi connectivity index (χ3n) is 2.91. The zero-order valence-corrected chi connectivity index (χ0v) is 11.4. The van der Waals surface area contributed by atoms with Gasteiger partial charge in [0.15, 0.2) is 0 Å². The molecule has 1 aromatic rings. The van der Waals surface area contributed by atoms with Crippen LogP contribution in [0.4, 0.5) is 0 Å². The Hall–Kier alpha value is -1.36. The van der Waals surface area contributed by atoms with Crippen LogP contribution in [-0.4, -0.2) is 33.9 Å². The van der Waals surface area contributed by atoms with Crippen LogP contribution in [0.3, 0.4) is 0 Å². The molecule has 1 heterocycles. The Bertz CT molecular complexity index is 374. The first-order valence-corrected chi connectivity index (χ1v) is 6.48. The Morgan fingerprint density at radius 1 is 1.44 bits per heavy atom. The fraction of sp³-hybridized carbons (Fsp3) is 0.692. The zero-order valence-electron chi connectivity index (χ0n) is 11.4. The van der Waals surface area contributed by atoms with Crippen LogP contribution in [0.2, 0.25) is 0 Å². The highest BCUT2D eigenvalue weighted by molar-refractivity contribution is 5.92. The number of rotatable bonds is 7. The number of nitrogens with zero attached hydrogens (tertiary/aromatic N) is 2. The van der Waals surface area contributed by atoms with Gasteiger partial charge in [0, 0.05) is 25.4 Å². The molecular formula is C13H23N3O2. The third-order valence-corrected chi connectivity index (χ3v) is 2.91. The molecule has 0 spiro atoms. The minimum Gasteiger partial charge on any atom is -0.396 e. The molecule has 0 aliphatic heterocycles. The predicted octanol–water partition coefficient (Wildman–Crippen LogP) is 1.60. The van der Waals surface area contributed by atoms with E-state index in [1.54, 1.807) is 10.7 Å². The molecule has 1 amide bonds. The molecule has 102 valence electrons. The summed E-state index contributed by atoms with van der Waals surface area (Å²) >= 11 is 0. The van der Waals surface area contributed by atoms with Crippen molar-refractivity contribution in [3.63, 3.8) is 0 Å². The van der Waals surface area contributed by atoms with Crippen LogP contribution in [0.1, 0.15) is 50.1 Å². The van der Waals surface area contributed by atoms with Gasteiger partial charge >= 0.3 is 0 Å². The second kappa shape index (κ2) is 7.16. The lowest BCUT2D eigenvalue weighted by Gasteiger charge is -2.09. The van der Waals surface area contributed by atoms with Gasteiger partial charge in [-0.2, -0.15) is 5.10 Å². The van der Waals surface area contributed by atoms with Crippen molar-refractivity contribution in [3.05, 3.63) is 18.0 Å². The summed E-state index contributed by atoms with van der Waals surface area (Å²) in [5.74, 6) is 0.286. The molecule has 5 heteroatoms. The average Bonchev–Trinajstić information content (AvgIpc) is 2.78. The Labute approximate surface area is 108 Å². The van der Waals surface area contributed by atoms with E-state index in [-0.39, 0.29) is 18.6 Å². The molecule has 2 N–H and O–H groups in total. The molecular weight excluding hydrogens is 230 g/mol. The minimum absolute atomic E-state index is 0.134. The molecule has 1 rings (SSSR count). The maximum absolute atomic E-state index is 11.8. The normalized spacial score (nSPS) is 12.7. The number of aliphatic hydroxyl groups excluding tert-OH is 1. The maximum Gasteiger partial charge on any atom is 0.271 e. The highest BCUT2D eigenvalue weighted by Crippen LogP contribution is 2.06. The van der Waals surface area contributed by atoms with E-state index >= 15 is 0 Å². The maximum atomic E-state index is 11.8. The van der Waals surface area contributed by atoms with Crippen LogP contribution in [0.15, 0.2) is 12.3 Å². The molecule has 18 heavy (non-hydrogen) atoms. The van der Waals surface area contributed by atoms with Crippen molar-refractivity contribution in [2.24, 2.45) is 5.92 Å². The van der Waals surface area contributed by atoms with Gasteiger partial charge in [0.1, 0.15) is 5.69 Å². The van der Waals surface area contributed by atoms with Crippen LogP contribution >= 0.6 is 0 Å². The van der Waals surface area contributed by atoms with Crippen molar-refractivity contribution in [1.29, 1.82) is 0 Å². The van der Waals surface area contributed by atoms with Crippen LogP contribution in [0, 0.1) is 5.92 Å². The van der Waals surface area contributed by atoms with Gasteiger partial charge in [-0.05, 0) is 38.7 Å². The van der Waals surface area contributed by atoms with Gasteiger partial charge in [0.25, 0.3) is 5.91 Å². The lowest BCUT2D eigenvalue weighted by Crippen LogP contribution is -2.26. The Kier molecular flexibility index (Phi) is 5.85. The molecule has 1 atom stereocenters. The highest BCUT2D eigenvalue weighted by atomic mass is 16.3. The SMILES string of the molecule is CC(CCO)CCNC(=O)c1ccn(C(C)C)n1. The standard InChI is InChI=1S/C13H23N3O2/c1-10(2)16-8-5-12(15-16)13(18)14-7-4-11(3)6-9-17/h5,8,10-11,17H,4,6-7,9H2,1-3H3,(H,14,18). The van der Waals surface area contributed by atoms with E-state index in [0.717, 1.165) is 12.8 Å². The summed E-state index contributed by atoms with van der Waals surface area (Å²) in [6, 6.07) is 1.99. The van der Waals surface area contributed by atoms with Crippen molar-refractivity contribution in [2.75, 3.05) is 13.2 Å². The number of carbonyl (C=O) groups excluding carboxylic acids is 1. The van der Waals surface area contributed by atoms with Crippen LogP contribution in [0.25, 0.3) is 0 Å². The lowest BCUT2D eigenvalue weighted by molar-refractivity contribution is 0.0945. The number of amides is 1. The van der Waals surface area contributed by atoms with Crippen molar-refractivity contribution < 1.29 is 9.90 Å². The summed E-state index contributed by atoms with van der Waals surface area (Å²) in [5.41, 5.74) is 0.457. The van der Waals surface area contributed by atoms with Gasteiger partial charge in [0.2, 0.25) is 0 Å². The van der Waals surface area contributed by atoms with E-state index in [2.05, 4.69) is 17.3 Å². The van der Waals surface area contributed by atoms with E-state index in [1.165, 1.54) is 0 Å². The summed E-state index contributed by atoms with van der Waals surface area (Å²) in [5, 5.41) is 15.8. The number of hydrogen-bond donors (Lipinski definition) is 2. The third kappa shape index (κ3) is 4.49. The quantitative estimate of drug-likeness (QED) is 0.775. The van der Waals surface area contributed by atoms with Crippen LogP contribution in [0.5, 0.6) is 0 Å². The van der Waals surface area contributed by atoms with Gasteiger partial charge in [-0.3, -0.25) is 9.48 Å². The van der Waals surface area contributed by atoms with E-state index in [1.807, 2.05) is 20.0 Å². The van der Waals surface area contributed by atoms with Crippen molar-refractivity contribution in [1.82, 2.24) is 15.1 Å². The fourth-order valence-corrected chi connectivity index (χ4v) is 1.63. The first-order valence-electron chi connectivity index (χ1n) is 6.48. The summed E-state index contributed by atoms with van der Waals surface area (Å²) < 4.78 is 1.77. The molecule has 0 saturated heterocycles. The molecule has 5 nitrogen and oxygen atoms in total. The number of carbonyl (C=O) groups is 1. The Morgan fingerprint density at radius 2 is 2.17 bits per heavy atom. The molecule has 0 aliphatic rings. The largest absolute Gasteiger partial charge is 0.396 e. The van der Waals surface area contributed by atoms with E-state index in [4.69, 9.17) is 5.11 Å². The molecule has 0 bridgehead atoms. The molecule has 1 aromatic heterocycles. The monoisotopic (exact) mass is 253 g/mol. The van der Waals surface area contributed by atoms with Gasteiger partial charge in [0.05, 0.1) is 0 Å². The smallest absolute Gasteiger partial charge is 0.271 e. The molecule has 0 radical (unpaired) electrons. The summed E-state index contributed by atoms with van der Waals surface area (Å²) in [6.45, 7) is 6.93. The fourth-order valence-electron chi connectivity index (χ4n) is 1.63. The Morgan fingerprint density at radius 3 is 2.72 bits per heavy atom. The number of aromatic nitrogens is 2. The van der Waals surface area contributed by atoms with E-state index in [9.17, 15) is 4.79 Å². The van der Waals surface area contributed by atoms with Crippen molar-refractivity contribution in [3.8, 4) is 0 Å². The van der Waals surface area contributed by atoms with E-state index < -0.39 is 0 Å². The summed E-state index contributed by atoms with van der Waals surface area (Å²) in [7, 11) is 0. The van der Waals surface area contributed by atoms with Crippen LogP contribution in [-0.2, 0) is 0 Å². The van der Waals surface area contributed by atoms with Crippen molar-refractivity contribution >= 4 is 5.91 Å². The average molecular weight is 253 g/mol. The minimum atomic E-state index is -0.134. The van der Waals surface area contributed by atoms with Crippen LogP contribution < -0.4 is 5.32 Å². The molecule has 0 fully saturated rings. The predicted molar refractivity (Wildman–Crippen MR) is 70.4 cm³/mol. The number of hydrogen-bond acceptors (Lipinski definition) is 3. The first-order chi connectivity index (χ1) is 8.54. The molecule has 0 aromatic carbocycles. The lowest BCUT2D eigenvalue weighted by atomic mass is 10.1. The highest BCUT2D eigenvalue weighted by Gasteiger charge is 2.10. The topological polar surface area (TPSA) is 67.2 Å². The Balaban J connectivity index is 2.36. The second-order valence-corrected chi connectivity index (χ2v) is 4.94. The molecule has 0 saturated carbocycles. The van der Waals surface area contributed by atoms with Gasteiger partial charge < -0.3 is 10.4 Å².